The van der Waals surface area contributed by atoms with Gasteiger partial charge < -0.3 is 10.1 Å². The van der Waals surface area contributed by atoms with Crippen LogP contribution in [0.15, 0.2) is 24.4 Å². The summed E-state index contributed by atoms with van der Waals surface area (Å²) in [6, 6.07) is 5.92. The fourth-order valence-corrected chi connectivity index (χ4v) is 1.78. The van der Waals surface area contributed by atoms with Crippen molar-refractivity contribution < 1.29 is 4.74 Å². The van der Waals surface area contributed by atoms with Crippen molar-refractivity contribution in [2.24, 2.45) is 0 Å². The van der Waals surface area contributed by atoms with E-state index in [2.05, 4.69) is 17.2 Å². The maximum absolute atomic E-state index is 5.43. The Morgan fingerprint density at radius 1 is 1.57 bits per heavy atom. The van der Waals surface area contributed by atoms with Crippen molar-refractivity contribution in [1.29, 1.82) is 0 Å². The second kappa shape index (κ2) is 3.96. The molecule has 1 atom stereocenters. The van der Waals surface area contributed by atoms with Gasteiger partial charge in [-0.25, -0.2) is 4.98 Å². The molecule has 1 N–H and O–H groups in total. The zero-order valence-corrected chi connectivity index (χ0v) is 8.49. The van der Waals surface area contributed by atoms with Gasteiger partial charge in [-0.2, -0.15) is 0 Å². The number of anilines is 1. The smallest absolute Gasteiger partial charge is 0.126 e. The van der Waals surface area contributed by atoms with Gasteiger partial charge in [0.25, 0.3) is 0 Å². The zero-order chi connectivity index (χ0) is 9.86. The van der Waals surface area contributed by atoms with E-state index in [1.807, 2.05) is 24.4 Å². The van der Waals surface area contributed by atoms with Gasteiger partial charge in [-0.1, -0.05) is 13.0 Å². The number of hydrogen-bond donors (Lipinski definition) is 1. The molecule has 1 unspecified atom stereocenters. The molecule has 0 spiro atoms. The van der Waals surface area contributed by atoms with Gasteiger partial charge in [0.15, 0.2) is 0 Å². The molecule has 14 heavy (non-hydrogen) atoms. The van der Waals surface area contributed by atoms with Crippen molar-refractivity contribution in [1.82, 2.24) is 4.98 Å². The summed E-state index contributed by atoms with van der Waals surface area (Å²) in [4.78, 5) is 4.27. The van der Waals surface area contributed by atoms with Gasteiger partial charge >= 0.3 is 0 Å². The minimum Gasteiger partial charge on any atom is -0.379 e. The third kappa shape index (κ3) is 1.87. The van der Waals surface area contributed by atoms with E-state index in [4.69, 9.17) is 4.74 Å². The number of nitrogens with one attached hydrogen (secondary N) is 1. The molecule has 0 aliphatic carbocycles. The molecule has 3 nitrogen and oxygen atoms in total. The normalized spacial score (nSPS) is 26.4. The number of rotatable bonds is 3. The van der Waals surface area contributed by atoms with Crippen molar-refractivity contribution in [3.8, 4) is 0 Å². The Labute approximate surface area is 84.5 Å². The minimum absolute atomic E-state index is 0.106. The molecule has 2 rings (SSSR count). The van der Waals surface area contributed by atoms with Gasteiger partial charge in [0.05, 0.1) is 12.1 Å². The van der Waals surface area contributed by atoms with Crippen LogP contribution in [0.2, 0.25) is 0 Å². The molecule has 0 saturated carbocycles. The number of hydrogen-bond acceptors (Lipinski definition) is 3. The lowest BCUT2D eigenvalue weighted by atomic mass is 9.95. The van der Waals surface area contributed by atoms with E-state index in [1.165, 1.54) is 0 Å². The van der Waals surface area contributed by atoms with Gasteiger partial charge in [0.1, 0.15) is 5.82 Å². The van der Waals surface area contributed by atoms with Crippen molar-refractivity contribution in [3.63, 3.8) is 0 Å². The summed E-state index contributed by atoms with van der Waals surface area (Å²) in [6.07, 6.45) is 3.95. The lowest BCUT2D eigenvalue weighted by molar-refractivity contribution is 0.181. The maximum atomic E-state index is 5.43. The Kier molecular flexibility index (Phi) is 2.68. The molecule has 0 amide bonds. The molecule has 76 valence electrons. The van der Waals surface area contributed by atoms with Crippen LogP contribution in [-0.4, -0.2) is 23.7 Å². The highest BCUT2D eigenvalue weighted by Gasteiger charge is 2.32. The predicted molar refractivity (Wildman–Crippen MR) is 56.3 cm³/mol. The van der Waals surface area contributed by atoms with Gasteiger partial charge in [-0.3, -0.25) is 0 Å². The van der Waals surface area contributed by atoms with E-state index < -0.39 is 0 Å². The van der Waals surface area contributed by atoms with Crippen LogP contribution in [0.25, 0.3) is 0 Å². The summed E-state index contributed by atoms with van der Waals surface area (Å²) < 4.78 is 5.43. The molecular weight excluding hydrogens is 176 g/mol. The molecule has 0 radical (unpaired) electrons. The quantitative estimate of drug-likeness (QED) is 0.796. The second-order valence-corrected chi connectivity index (χ2v) is 3.78. The van der Waals surface area contributed by atoms with Gasteiger partial charge in [-0.15, -0.1) is 0 Å². The van der Waals surface area contributed by atoms with Crippen LogP contribution in [0.5, 0.6) is 0 Å². The fraction of sp³-hybridized carbons (Fsp3) is 0.545. The largest absolute Gasteiger partial charge is 0.379 e. The van der Waals surface area contributed by atoms with Crippen LogP contribution in [-0.2, 0) is 4.74 Å². The highest BCUT2D eigenvalue weighted by molar-refractivity contribution is 5.37. The average Bonchev–Trinajstić information content (AvgIpc) is 2.69. The molecule has 3 heteroatoms. The van der Waals surface area contributed by atoms with Gasteiger partial charge in [0.2, 0.25) is 0 Å². The standard InChI is InChI=1S/C11H16N2O/c1-2-11(6-8-14-9-11)13-10-5-3-4-7-12-10/h3-5,7H,2,6,8-9H2,1H3,(H,12,13). The highest BCUT2D eigenvalue weighted by Crippen LogP contribution is 2.26. The van der Waals surface area contributed by atoms with Crippen LogP contribution in [0.1, 0.15) is 19.8 Å². The zero-order valence-electron chi connectivity index (χ0n) is 8.49. The first kappa shape index (κ1) is 9.46. The number of pyridine rings is 1. The number of nitrogens with zero attached hydrogens (tertiary/aromatic N) is 1. The van der Waals surface area contributed by atoms with Gasteiger partial charge in [0, 0.05) is 12.8 Å². The molecule has 0 aromatic carbocycles. The van der Waals surface area contributed by atoms with Crippen molar-refractivity contribution >= 4 is 5.82 Å². The fourth-order valence-electron chi connectivity index (χ4n) is 1.78. The Balaban J connectivity index is 2.08. The van der Waals surface area contributed by atoms with Gasteiger partial charge in [-0.05, 0) is 25.0 Å². The van der Waals surface area contributed by atoms with Crippen molar-refractivity contribution in [2.75, 3.05) is 18.5 Å². The number of ether oxygens (including phenoxy) is 1. The SMILES string of the molecule is CCC1(Nc2ccccn2)CCOC1. The first-order chi connectivity index (χ1) is 6.85. The molecule has 1 aromatic rings. The van der Waals surface area contributed by atoms with Crippen LogP contribution < -0.4 is 5.32 Å². The summed E-state index contributed by atoms with van der Waals surface area (Å²) >= 11 is 0. The Hall–Kier alpha value is -1.09. The Bertz CT molecular complexity index is 281. The van der Waals surface area contributed by atoms with E-state index >= 15 is 0 Å². The summed E-state index contributed by atoms with van der Waals surface area (Å²) in [7, 11) is 0. The van der Waals surface area contributed by atoms with E-state index in [9.17, 15) is 0 Å². The summed E-state index contributed by atoms with van der Waals surface area (Å²) in [5.41, 5.74) is 0.106. The molecule has 1 aliphatic heterocycles. The molecule has 1 saturated heterocycles. The molecule has 0 bridgehead atoms. The summed E-state index contributed by atoms with van der Waals surface area (Å²) in [6.45, 7) is 3.83. The Morgan fingerprint density at radius 3 is 3.07 bits per heavy atom. The van der Waals surface area contributed by atoms with E-state index in [0.717, 1.165) is 31.9 Å². The first-order valence-corrected chi connectivity index (χ1v) is 5.12. The molecule has 2 heterocycles. The lowest BCUT2D eigenvalue weighted by Gasteiger charge is -2.27. The average molecular weight is 192 g/mol. The van der Waals surface area contributed by atoms with Crippen LogP contribution in [0.3, 0.4) is 0 Å². The second-order valence-electron chi connectivity index (χ2n) is 3.78. The summed E-state index contributed by atoms with van der Waals surface area (Å²) in [5.74, 6) is 0.944. The van der Waals surface area contributed by atoms with Crippen molar-refractivity contribution in [2.45, 2.75) is 25.3 Å². The van der Waals surface area contributed by atoms with Crippen LogP contribution in [0, 0.1) is 0 Å². The lowest BCUT2D eigenvalue weighted by Crippen LogP contribution is -2.38. The third-order valence-electron chi connectivity index (χ3n) is 2.84. The van der Waals surface area contributed by atoms with Crippen LogP contribution in [0.4, 0.5) is 5.82 Å². The molecule has 1 aliphatic rings. The monoisotopic (exact) mass is 192 g/mol. The maximum Gasteiger partial charge on any atom is 0.126 e. The third-order valence-corrected chi connectivity index (χ3v) is 2.84. The summed E-state index contributed by atoms with van der Waals surface area (Å²) in [5, 5.41) is 3.47. The highest BCUT2D eigenvalue weighted by atomic mass is 16.5. The number of aromatic nitrogens is 1. The van der Waals surface area contributed by atoms with E-state index in [0.29, 0.717) is 0 Å². The first-order valence-electron chi connectivity index (χ1n) is 5.12. The van der Waals surface area contributed by atoms with Crippen LogP contribution >= 0.6 is 0 Å². The van der Waals surface area contributed by atoms with E-state index in [-0.39, 0.29) is 5.54 Å². The molecule has 1 aromatic heterocycles. The van der Waals surface area contributed by atoms with E-state index in [1.54, 1.807) is 0 Å². The molecular formula is C11H16N2O. The van der Waals surface area contributed by atoms with Crippen molar-refractivity contribution in [3.05, 3.63) is 24.4 Å². The molecule has 1 fully saturated rings. The topological polar surface area (TPSA) is 34.2 Å². The predicted octanol–water partition coefficient (Wildman–Crippen LogP) is 2.06. The minimum atomic E-state index is 0.106. The Morgan fingerprint density at radius 2 is 2.50 bits per heavy atom.